The van der Waals surface area contributed by atoms with Gasteiger partial charge in [-0.2, -0.15) is 0 Å². The highest BCUT2D eigenvalue weighted by Crippen LogP contribution is 2.36. The molecule has 0 N–H and O–H groups in total. The SMILES string of the molecule is CO[SiH](Cc1ccc2ccc3cccc4ccc1c2c34)OC. The quantitative estimate of drug-likeness (QED) is 0.416. The molecule has 0 saturated carbocycles. The van der Waals surface area contributed by atoms with Crippen molar-refractivity contribution in [2.24, 2.45) is 0 Å². The van der Waals surface area contributed by atoms with E-state index in [1.165, 1.54) is 37.9 Å². The summed E-state index contributed by atoms with van der Waals surface area (Å²) in [5.74, 6) is 0. The molecule has 0 radical (unpaired) electrons. The Hall–Kier alpha value is -1.94. The lowest BCUT2D eigenvalue weighted by Crippen LogP contribution is -2.22. The van der Waals surface area contributed by atoms with Crippen molar-refractivity contribution in [3.8, 4) is 0 Å². The highest BCUT2D eigenvalue weighted by molar-refractivity contribution is 6.44. The maximum Gasteiger partial charge on any atom is 0.325 e. The fraction of sp³-hybridized carbons (Fsp3) is 0.158. The van der Waals surface area contributed by atoms with Crippen LogP contribution in [0.3, 0.4) is 0 Å². The molecule has 0 aliphatic rings. The van der Waals surface area contributed by atoms with Crippen molar-refractivity contribution in [2.75, 3.05) is 14.2 Å². The van der Waals surface area contributed by atoms with Crippen LogP contribution in [0.25, 0.3) is 32.3 Å². The summed E-state index contributed by atoms with van der Waals surface area (Å²) < 4.78 is 11.0. The van der Waals surface area contributed by atoms with Crippen molar-refractivity contribution >= 4 is 41.6 Å². The van der Waals surface area contributed by atoms with Crippen molar-refractivity contribution in [1.29, 1.82) is 0 Å². The maximum absolute atomic E-state index is 5.51. The molecular formula is C19H18O2Si. The van der Waals surface area contributed by atoms with E-state index >= 15 is 0 Å². The molecule has 0 fully saturated rings. The molecule has 0 atom stereocenters. The first-order chi connectivity index (χ1) is 10.8. The van der Waals surface area contributed by atoms with Gasteiger partial charge < -0.3 is 8.85 Å². The first-order valence-corrected chi connectivity index (χ1v) is 9.29. The average Bonchev–Trinajstić information content (AvgIpc) is 2.58. The normalized spacial score (nSPS) is 12.1. The van der Waals surface area contributed by atoms with Crippen LogP contribution in [0.1, 0.15) is 5.56 Å². The molecule has 4 rings (SSSR count). The zero-order valence-electron chi connectivity index (χ0n) is 12.8. The van der Waals surface area contributed by atoms with E-state index in [-0.39, 0.29) is 0 Å². The van der Waals surface area contributed by atoms with Crippen LogP contribution in [-0.4, -0.2) is 23.5 Å². The fourth-order valence-corrected chi connectivity index (χ4v) is 4.66. The molecule has 0 bridgehead atoms. The molecule has 22 heavy (non-hydrogen) atoms. The van der Waals surface area contributed by atoms with Gasteiger partial charge in [0.1, 0.15) is 0 Å². The van der Waals surface area contributed by atoms with Gasteiger partial charge in [0.15, 0.2) is 0 Å². The zero-order valence-corrected chi connectivity index (χ0v) is 14.0. The van der Waals surface area contributed by atoms with E-state index in [9.17, 15) is 0 Å². The summed E-state index contributed by atoms with van der Waals surface area (Å²) in [6, 6.07) is 20.7. The lowest BCUT2D eigenvalue weighted by molar-refractivity contribution is 0.277. The predicted molar refractivity (Wildman–Crippen MR) is 95.0 cm³/mol. The molecule has 2 nitrogen and oxygen atoms in total. The van der Waals surface area contributed by atoms with E-state index in [2.05, 4.69) is 54.6 Å². The summed E-state index contributed by atoms with van der Waals surface area (Å²) in [5, 5.41) is 7.98. The molecule has 0 unspecified atom stereocenters. The number of hydrogen-bond acceptors (Lipinski definition) is 2. The first-order valence-electron chi connectivity index (χ1n) is 7.53. The second-order valence-electron chi connectivity index (χ2n) is 5.69. The van der Waals surface area contributed by atoms with Crippen LogP contribution < -0.4 is 0 Å². The Balaban J connectivity index is 2.04. The van der Waals surface area contributed by atoms with Gasteiger partial charge >= 0.3 is 9.28 Å². The zero-order chi connectivity index (χ0) is 15.1. The van der Waals surface area contributed by atoms with Crippen LogP contribution in [0.4, 0.5) is 0 Å². The largest absolute Gasteiger partial charge is 0.400 e. The van der Waals surface area contributed by atoms with E-state index in [0.29, 0.717) is 0 Å². The van der Waals surface area contributed by atoms with Crippen LogP contribution >= 0.6 is 0 Å². The second-order valence-corrected chi connectivity index (χ2v) is 7.90. The highest BCUT2D eigenvalue weighted by atomic mass is 28.3. The van der Waals surface area contributed by atoms with Gasteiger partial charge in [0.25, 0.3) is 0 Å². The van der Waals surface area contributed by atoms with Crippen molar-refractivity contribution in [3.63, 3.8) is 0 Å². The molecule has 0 heterocycles. The predicted octanol–water partition coefficient (Wildman–Crippen LogP) is 4.18. The van der Waals surface area contributed by atoms with E-state index in [1.54, 1.807) is 14.2 Å². The van der Waals surface area contributed by atoms with Gasteiger partial charge in [-0.05, 0) is 37.9 Å². The third-order valence-electron chi connectivity index (χ3n) is 4.53. The summed E-state index contributed by atoms with van der Waals surface area (Å²) >= 11 is 0. The summed E-state index contributed by atoms with van der Waals surface area (Å²) in [5.41, 5.74) is 1.33. The minimum absolute atomic E-state index is 0.890. The molecular weight excluding hydrogens is 288 g/mol. The van der Waals surface area contributed by atoms with Gasteiger partial charge in [-0.15, -0.1) is 0 Å². The Kier molecular flexibility index (Phi) is 3.34. The molecule has 110 valence electrons. The smallest absolute Gasteiger partial charge is 0.325 e. The van der Waals surface area contributed by atoms with Gasteiger partial charge in [-0.3, -0.25) is 0 Å². The van der Waals surface area contributed by atoms with Crippen LogP contribution in [0, 0.1) is 0 Å². The number of hydrogen-bond donors (Lipinski definition) is 0. The van der Waals surface area contributed by atoms with Crippen LogP contribution in [0.2, 0.25) is 0 Å². The van der Waals surface area contributed by atoms with E-state index in [4.69, 9.17) is 8.85 Å². The van der Waals surface area contributed by atoms with Crippen molar-refractivity contribution in [2.45, 2.75) is 6.04 Å². The van der Waals surface area contributed by atoms with E-state index in [0.717, 1.165) is 6.04 Å². The maximum atomic E-state index is 5.51. The van der Waals surface area contributed by atoms with Crippen molar-refractivity contribution in [3.05, 3.63) is 60.2 Å². The molecule has 4 aromatic carbocycles. The monoisotopic (exact) mass is 306 g/mol. The molecule has 0 spiro atoms. The summed E-state index contributed by atoms with van der Waals surface area (Å²) in [7, 11) is 1.88. The lowest BCUT2D eigenvalue weighted by Gasteiger charge is -2.16. The van der Waals surface area contributed by atoms with Crippen LogP contribution in [0.5, 0.6) is 0 Å². The molecule has 0 aliphatic carbocycles. The Bertz CT molecular complexity index is 928. The van der Waals surface area contributed by atoms with Gasteiger partial charge in [0.2, 0.25) is 0 Å². The average molecular weight is 306 g/mol. The highest BCUT2D eigenvalue weighted by Gasteiger charge is 2.15. The third-order valence-corrected chi connectivity index (χ3v) is 6.36. The molecule has 4 aromatic rings. The minimum atomic E-state index is -1.62. The first kappa shape index (κ1) is 13.7. The number of benzene rings is 4. The van der Waals surface area contributed by atoms with E-state index < -0.39 is 9.28 Å². The summed E-state index contributed by atoms with van der Waals surface area (Å²) in [6.45, 7) is 0. The second kappa shape index (κ2) is 5.36. The van der Waals surface area contributed by atoms with Crippen LogP contribution in [-0.2, 0) is 14.9 Å². The minimum Gasteiger partial charge on any atom is -0.400 e. The summed E-state index contributed by atoms with van der Waals surface area (Å²) in [4.78, 5) is 0. The molecule has 0 saturated heterocycles. The topological polar surface area (TPSA) is 18.5 Å². The molecule has 0 amide bonds. The Morgan fingerprint density at radius 1 is 0.727 bits per heavy atom. The Labute approximate surface area is 131 Å². The molecule has 0 aliphatic heterocycles. The fourth-order valence-electron chi connectivity index (χ4n) is 3.42. The van der Waals surface area contributed by atoms with Gasteiger partial charge in [0.05, 0.1) is 0 Å². The summed E-state index contributed by atoms with van der Waals surface area (Å²) in [6.07, 6.45) is 0. The Morgan fingerprint density at radius 2 is 1.32 bits per heavy atom. The third kappa shape index (κ3) is 2.02. The van der Waals surface area contributed by atoms with Gasteiger partial charge in [-0.25, -0.2) is 0 Å². The number of rotatable bonds is 4. The molecule has 3 heteroatoms. The standard InChI is InChI=1S/C19H18O2Si/c1-20-22(21-2)12-16-9-8-15-7-6-13-4-3-5-14-10-11-17(16)19(15)18(13)14/h3-11,22H,12H2,1-2H3. The van der Waals surface area contributed by atoms with Crippen molar-refractivity contribution in [1.82, 2.24) is 0 Å². The van der Waals surface area contributed by atoms with Gasteiger partial charge in [0, 0.05) is 20.3 Å². The van der Waals surface area contributed by atoms with Crippen LogP contribution in [0.15, 0.2) is 54.6 Å². The van der Waals surface area contributed by atoms with E-state index in [1.807, 2.05) is 0 Å². The van der Waals surface area contributed by atoms with Gasteiger partial charge in [-0.1, -0.05) is 54.6 Å². The lowest BCUT2D eigenvalue weighted by atomic mass is 9.92. The molecule has 0 aromatic heterocycles. The Morgan fingerprint density at radius 3 is 2.00 bits per heavy atom. The van der Waals surface area contributed by atoms with Crippen molar-refractivity contribution < 1.29 is 8.85 Å².